The fourth-order valence-corrected chi connectivity index (χ4v) is 3.32. The molecule has 2 aromatic carbocycles. The van der Waals surface area contributed by atoms with Crippen LogP contribution in [0.5, 0.6) is 11.5 Å². The SMILES string of the molecule is COc1cc2c(cc1OC)CN(C(=O)COC(=O)/C=C/c1ccccc1[N+](=O)[O-])CC2. The lowest BCUT2D eigenvalue weighted by molar-refractivity contribution is -0.385. The molecule has 0 aliphatic carbocycles. The molecule has 0 spiro atoms. The third kappa shape index (κ3) is 5.19. The fourth-order valence-electron chi connectivity index (χ4n) is 3.32. The van der Waals surface area contributed by atoms with Crippen LogP contribution in [0.3, 0.4) is 0 Å². The van der Waals surface area contributed by atoms with Crippen molar-refractivity contribution in [2.45, 2.75) is 13.0 Å². The number of nitro benzene ring substituents is 1. The molecule has 0 atom stereocenters. The summed E-state index contributed by atoms with van der Waals surface area (Å²) in [5, 5.41) is 11.0. The first-order valence-corrected chi connectivity index (χ1v) is 9.52. The van der Waals surface area contributed by atoms with Crippen molar-refractivity contribution >= 4 is 23.6 Å². The molecule has 0 saturated carbocycles. The third-order valence-electron chi connectivity index (χ3n) is 4.94. The molecule has 1 aliphatic heterocycles. The number of carbonyl (C=O) groups is 2. The van der Waals surface area contributed by atoms with E-state index in [0.29, 0.717) is 31.0 Å². The third-order valence-corrected chi connectivity index (χ3v) is 4.94. The summed E-state index contributed by atoms with van der Waals surface area (Å²) in [5.74, 6) is 0.144. The highest BCUT2D eigenvalue weighted by Crippen LogP contribution is 2.33. The zero-order chi connectivity index (χ0) is 22.4. The number of ether oxygens (including phenoxy) is 3. The summed E-state index contributed by atoms with van der Waals surface area (Å²) < 4.78 is 15.6. The Morgan fingerprint density at radius 2 is 1.81 bits per heavy atom. The molecule has 0 unspecified atom stereocenters. The van der Waals surface area contributed by atoms with Crippen molar-refractivity contribution in [1.29, 1.82) is 0 Å². The van der Waals surface area contributed by atoms with E-state index in [1.54, 1.807) is 25.2 Å². The summed E-state index contributed by atoms with van der Waals surface area (Å²) in [7, 11) is 3.12. The smallest absolute Gasteiger partial charge is 0.331 e. The minimum absolute atomic E-state index is 0.123. The maximum absolute atomic E-state index is 12.5. The second-order valence-corrected chi connectivity index (χ2v) is 6.80. The lowest BCUT2D eigenvalue weighted by Crippen LogP contribution is -2.38. The van der Waals surface area contributed by atoms with E-state index in [-0.39, 0.29) is 17.2 Å². The van der Waals surface area contributed by atoms with E-state index in [0.717, 1.165) is 17.2 Å². The number of para-hydroxylation sites is 1. The van der Waals surface area contributed by atoms with Crippen LogP contribution in [-0.4, -0.2) is 49.1 Å². The molecule has 162 valence electrons. The van der Waals surface area contributed by atoms with Gasteiger partial charge in [-0.25, -0.2) is 4.79 Å². The molecule has 1 amide bonds. The van der Waals surface area contributed by atoms with Crippen LogP contribution in [0.4, 0.5) is 5.69 Å². The van der Waals surface area contributed by atoms with E-state index < -0.39 is 17.5 Å². The van der Waals surface area contributed by atoms with Gasteiger partial charge in [-0.1, -0.05) is 12.1 Å². The molecular formula is C22H22N2O7. The molecule has 2 aromatic rings. The Labute approximate surface area is 179 Å². The van der Waals surface area contributed by atoms with Crippen molar-refractivity contribution in [3.63, 3.8) is 0 Å². The van der Waals surface area contributed by atoms with Crippen LogP contribution in [0.25, 0.3) is 6.08 Å². The molecule has 0 fully saturated rings. The number of rotatable bonds is 7. The lowest BCUT2D eigenvalue weighted by atomic mass is 9.99. The van der Waals surface area contributed by atoms with Gasteiger partial charge < -0.3 is 19.1 Å². The van der Waals surface area contributed by atoms with E-state index in [4.69, 9.17) is 14.2 Å². The molecule has 3 rings (SSSR count). The van der Waals surface area contributed by atoms with Gasteiger partial charge in [0.25, 0.3) is 11.6 Å². The van der Waals surface area contributed by atoms with Crippen LogP contribution in [-0.2, 0) is 27.3 Å². The molecule has 1 aliphatic rings. The van der Waals surface area contributed by atoms with E-state index in [9.17, 15) is 19.7 Å². The maximum Gasteiger partial charge on any atom is 0.331 e. The van der Waals surface area contributed by atoms with Gasteiger partial charge in [-0.2, -0.15) is 0 Å². The van der Waals surface area contributed by atoms with Crippen molar-refractivity contribution in [3.05, 3.63) is 69.3 Å². The number of fused-ring (bicyclic) bond motifs is 1. The highest BCUT2D eigenvalue weighted by molar-refractivity contribution is 5.90. The van der Waals surface area contributed by atoms with Gasteiger partial charge >= 0.3 is 5.97 Å². The van der Waals surface area contributed by atoms with Gasteiger partial charge in [-0.3, -0.25) is 14.9 Å². The van der Waals surface area contributed by atoms with Crippen LogP contribution in [0.15, 0.2) is 42.5 Å². The van der Waals surface area contributed by atoms with Crippen molar-refractivity contribution in [1.82, 2.24) is 4.90 Å². The first-order chi connectivity index (χ1) is 14.9. The molecular weight excluding hydrogens is 404 g/mol. The number of amides is 1. The molecule has 0 radical (unpaired) electrons. The second-order valence-electron chi connectivity index (χ2n) is 6.80. The Hall–Kier alpha value is -3.88. The normalized spacial score (nSPS) is 12.9. The van der Waals surface area contributed by atoms with E-state index in [2.05, 4.69) is 0 Å². The maximum atomic E-state index is 12.5. The highest BCUT2D eigenvalue weighted by Gasteiger charge is 2.23. The van der Waals surface area contributed by atoms with E-state index in [1.807, 2.05) is 12.1 Å². The molecule has 9 nitrogen and oxygen atoms in total. The number of methoxy groups -OCH3 is 2. The topological polar surface area (TPSA) is 108 Å². The molecule has 31 heavy (non-hydrogen) atoms. The van der Waals surface area contributed by atoms with Crippen molar-refractivity contribution < 1.29 is 28.7 Å². The van der Waals surface area contributed by atoms with Gasteiger partial charge in [0, 0.05) is 25.2 Å². The number of hydrogen-bond acceptors (Lipinski definition) is 7. The largest absolute Gasteiger partial charge is 0.493 e. The van der Waals surface area contributed by atoms with Gasteiger partial charge in [0.15, 0.2) is 18.1 Å². The second kappa shape index (κ2) is 9.75. The molecule has 0 bridgehead atoms. The van der Waals surface area contributed by atoms with Gasteiger partial charge in [0.05, 0.1) is 24.7 Å². The highest BCUT2D eigenvalue weighted by atomic mass is 16.6. The van der Waals surface area contributed by atoms with E-state index in [1.165, 1.54) is 24.3 Å². The quantitative estimate of drug-likeness (QED) is 0.290. The first kappa shape index (κ1) is 21.8. The molecule has 9 heteroatoms. The Bertz CT molecular complexity index is 1030. The first-order valence-electron chi connectivity index (χ1n) is 9.52. The van der Waals surface area contributed by atoms with Crippen molar-refractivity contribution in [2.75, 3.05) is 27.4 Å². The van der Waals surface area contributed by atoms with Crippen LogP contribution in [0, 0.1) is 10.1 Å². The average molecular weight is 426 g/mol. The number of hydrogen-bond donors (Lipinski definition) is 0. The zero-order valence-corrected chi connectivity index (χ0v) is 17.2. The minimum Gasteiger partial charge on any atom is -0.493 e. The van der Waals surface area contributed by atoms with Crippen LogP contribution < -0.4 is 9.47 Å². The summed E-state index contributed by atoms with van der Waals surface area (Å²) >= 11 is 0. The molecule has 0 saturated heterocycles. The van der Waals surface area contributed by atoms with Crippen LogP contribution in [0.2, 0.25) is 0 Å². The predicted octanol–water partition coefficient (Wildman–Crippen LogP) is 2.75. The minimum atomic E-state index is -0.754. The molecule has 1 heterocycles. The molecule has 0 N–H and O–H groups in total. The number of nitro groups is 1. The standard InChI is InChI=1S/C22H22N2O7/c1-29-19-11-16-9-10-23(13-17(16)12-20(19)30-2)21(25)14-31-22(26)8-7-15-5-3-4-6-18(15)24(27)28/h3-8,11-12H,9-10,13-14H2,1-2H3/b8-7+. The van der Waals surface area contributed by atoms with Gasteiger partial charge in [0.1, 0.15) is 0 Å². The fraction of sp³-hybridized carbons (Fsp3) is 0.273. The number of benzene rings is 2. The molecule has 0 aromatic heterocycles. The number of nitrogens with zero attached hydrogens (tertiary/aromatic N) is 2. The summed E-state index contributed by atoms with van der Waals surface area (Å²) in [5.41, 5.74) is 2.17. The van der Waals surface area contributed by atoms with Crippen molar-refractivity contribution in [3.8, 4) is 11.5 Å². The van der Waals surface area contributed by atoms with Crippen LogP contribution >= 0.6 is 0 Å². The van der Waals surface area contributed by atoms with Gasteiger partial charge in [-0.15, -0.1) is 0 Å². The summed E-state index contributed by atoms with van der Waals surface area (Å²) in [6, 6.07) is 9.77. The monoisotopic (exact) mass is 426 g/mol. The van der Waals surface area contributed by atoms with Gasteiger partial charge in [-0.05, 0) is 41.8 Å². The van der Waals surface area contributed by atoms with Gasteiger partial charge in [0.2, 0.25) is 0 Å². The Kier molecular flexibility index (Phi) is 6.86. The number of esters is 1. The number of carbonyl (C=O) groups excluding carboxylic acids is 2. The Morgan fingerprint density at radius 1 is 1.13 bits per heavy atom. The average Bonchev–Trinajstić information content (AvgIpc) is 2.79. The summed E-state index contributed by atoms with van der Waals surface area (Å²) in [4.78, 5) is 36.5. The van der Waals surface area contributed by atoms with Crippen molar-refractivity contribution in [2.24, 2.45) is 0 Å². The van der Waals surface area contributed by atoms with E-state index >= 15 is 0 Å². The predicted molar refractivity (Wildman–Crippen MR) is 112 cm³/mol. The van der Waals surface area contributed by atoms with Crippen LogP contribution in [0.1, 0.15) is 16.7 Å². The summed E-state index contributed by atoms with van der Waals surface area (Å²) in [6.07, 6.45) is 3.01. The summed E-state index contributed by atoms with van der Waals surface area (Å²) in [6.45, 7) is 0.450. The zero-order valence-electron chi connectivity index (χ0n) is 17.2. The lowest BCUT2D eigenvalue weighted by Gasteiger charge is -2.29. The Balaban J connectivity index is 1.58. The Morgan fingerprint density at radius 3 is 2.48 bits per heavy atom.